The molecule has 30 heavy (non-hydrogen) atoms. The highest BCUT2D eigenvalue weighted by molar-refractivity contribution is 7.14. The van der Waals surface area contributed by atoms with E-state index in [4.69, 9.17) is 9.15 Å². The summed E-state index contributed by atoms with van der Waals surface area (Å²) in [5.74, 6) is 0.519. The number of para-hydroxylation sites is 1. The summed E-state index contributed by atoms with van der Waals surface area (Å²) in [5.41, 5.74) is 8.18. The van der Waals surface area contributed by atoms with Crippen LogP contribution in [0, 0.1) is 13.8 Å². The maximum atomic E-state index is 12.5. The first-order valence-corrected chi connectivity index (χ1v) is 10.3. The van der Waals surface area contributed by atoms with Gasteiger partial charge in [0.05, 0.1) is 24.1 Å². The molecule has 0 spiro atoms. The monoisotopic (exact) mass is 419 g/mol. The van der Waals surface area contributed by atoms with Gasteiger partial charge >= 0.3 is 5.63 Å². The number of rotatable bonds is 5. The lowest BCUT2D eigenvalue weighted by Gasteiger charge is -2.06. The van der Waals surface area contributed by atoms with Gasteiger partial charge in [-0.25, -0.2) is 9.78 Å². The number of hydrogen-bond acceptors (Lipinski definition) is 7. The van der Waals surface area contributed by atoms with Crippen molar-refractivity contribution in [2.24, 2.45) is 5.10 Å². The van der Waals surface area contributed by atoms with Crippen LogP contribution >= 0.6 is 11.3 Å². The maximum absolute atomic E-state index is 12.5. The van der Waals surface area contributed by atoms with E-state index >= 15 is 0 Å². The van der Waals surface area contributed by atoms with Crippen molar-refractivity contribution in [2.45, 2.75) is 20.8 Å². The van der Waals surface area contributed by atoms with Gasteiger partial charge in [-0.2, -0.15) is 5.10 Å². The molecule has 0 aliphatic heterocycles. The van der Waals surface area contributed by atoms with Crippen molar-refractivity contribution in [3.63, 3.8) is 0 Å². The Labute approximate surface area is 177 Å². The minimum Gasteiger partial charge on any atom is -0.493 e. The average Bonchev–Trinajstić information content (AvgIpc) is 3.19. The van der Waals surface area contributed by atoms with E-state index in [-0.39, 0.29) is 0 Å². The topological polar surface area (TPSA) is 76.7 Å². The Bertz CT molecular complexity index is 1320. The van der Waals surface area contributed by atoms with Gasteiger partial charge in [-0.15, -0.1) is 11.3 Å². The number of anilines is 1. The van der Waals surface area contributed by atoms with Crippen molar-refractivity contribution in [1.29, 1.82) is 0 Å². The molecule has 6 nitrogen and oxygen atoms in total. The molecule has 0 saturated carbocycles. The number of hydrogen-bond donors (Lipinski definition) is 1. The van der Waals surface area contributed by atoms with E-state index < -0.39 is 5.63 Å². The number of ether oxygens (including phenoxy) is 1. The highest BCUT2D eigenvalue weighted by Gasteiger charge is 2.12. The van der Waals surface area contributed by atoms with E-state index in [2.05, 4.69) is 47.6 Å². The van der Waals surface area contributed by atoms with Gasteiger partial charge in [0, 0.05) is 16.3 Å². The number of methoxy groups -OCH3 is 1. The number of aryl methyl sites for hydroxylation is 2. The van der Waals surface area contributed by atoms with Gasteiger partial charge in [-0.3, -0.25) is 5.43 Å². The quantitative estimate of drug-likeness (QED) is 0.267. The van der Waals surface area contributed by atoms with Crippen LogP contribution in [0.3, 0.4) is 0 Å². The molecular formula is C23H21N3O3S. The summed E-state index contributed by atoms with van der Waals surface area (Å²) >= 11 is 1.46. The molecule has 0 bridgehead atoms. The predicted octanol–water partition coefficient (Wildman–Crippen LogP) is 5.38. The van der Waals surface area contributed by atoms with Crippen LogP contribution in [0.1, 0.15) is 23.6 Å². The van der Waals surface area contributed by atoms with Crippen LogP contribution in [0.15, 0.2) is 62.2 Å². The van der Waals surface area contributed by atoms with Crippen LogP contribution in [-0.4, -0.2) is 17.8 Å². The van der Waals surface area contributed by atoms with Crippen LogP contribution < -0.4 is 15.8 Å². The number of fused-ring (bicyclic) bond motifs is 1. The van der Waals surface area contributed by atoms with Crippen LogP contribution in [0.4, 0.5) is 5.13 Å². The number of benzene rings is 2. The maximum Gasteiger partial charge on any atom is 0.345 e. The summed E-state index contributed by atoms with van der Waals surface area (Å²) in [6, 6.07) is 13.5. The minimum absolute atomic E-state index is 0.384. The molecular weight excluding hydrogens is 398 g/mol. The summed E-state index contributed by atoms with van der Waals surface area (Å²) in [4.78, 5) is 17.1. The molecule has 1 N–H and O–H groups in total. The van der Waals surface area contributed by atoms with E-state index in [9.17, 15) is 4.79 Å². The zero-order chi connectivity index (χ0) is 21.3. The van der Waals surface area contributed by atoms with Crippen molar-refractivity contribution < 1.29 is 9.15 Å². The second-order valence-corrected chi connectivity index (χ2v) is 7.85. The molecule has 0 saturated heterocycles. The van der Waals surface area contributed by atoms with Gasteiger partial charge < -0.3 is 9.15 Å². The molecule has 0 amide bonds. The molecule has 0 aliphatic rings. The summed E-state index contributed by atoms with van der Waals surface area (Å²) in [7, 11) is 1.54. The Kier molecular flexibility index (Phi) is 5.37. The Morgan fingerprint density at radius 2 is 2.03 bits per heavy atom. The van der Waals surface area contributed by atoms with Crippen molar-refractivity contribution in [1.82, 2.24) is 4.98 Å². The third-order valence-corrected chi connectivity index (χ3v) is 5.56. The molecule has 7 heteroatoms. The zero-order valence-corrected chi connectivity index (χ0v) is 18.0. The number of nitrogens with zero attached hydrogens (tertiary/aromatic N) is 2. The van der Waals surface area contributed by atoms with E-state index in [1.165, 1.54) is 22.5 Å². The van der Waals surface area contributed by atoms with E-state index in [1.807, 2.05) is 17.5 Å². The van der Waals surface area contributed by atoms with Gasteiger partial charge in [-0.05, 0) is 38.5 Å². The highest BCUT2D eigenvalue weighted by Crippen LogP contribution is 2.28. The van der Waals surface area contributed by atoms with Crippen molar-refractivity contribution >= 4 is 33.1 Å². The lowest BCUT2D eigenvalue weighted by atomic mass is 10.0. The second-order valence-electron chi connectivity index (χ2n) is 6.99. The Hall–Kier alpha value is -3.45. The SMILES string of the molecule is COc1cccc2cc(C(C)=NNc3nc(-c4ccc(C)cc4C)cs3)c(=O)oc12. The van der Waals surface area contributed by atoms with Crippen molar-refractivity contribution in [3.8, 4) is 17.0 Å². The molecule has 0 radical (unpaired) electrons. The normalized spacial score (nSPS) is 11.7. The van der Waals surface area contributed by atoms with Crippen LogP contribution in [0.5, 0.6) is 5.75 Å². The van der Waals surface area contributed by atoms with Gasteiger partial charge in [-0.1, -0.05) is 35.9 Å². The molecule has 4 aromatic rings. The first kappa shape index (κ1) is 19.8. The highest BCUT2D eigenvalue weighted by atomic mass is 32.1. The number of thiazole rings is 1. The van der Waals surface area contributed by atoms with Crippen LogP contribution in [0.2, 0.25) is 0 Å². The molecule has 2 aromatic carbocycles. The molecule has 0 atom stereocenters. The van der Waals surface area contributed by atoms with Crippen molar-refractivity contribution in [3.05, 3.63) is 75.0 Å². The number of aromatic nitrogens is 1. The Balaban J connectivity index is 1.60. The summed E-state index contributed by atoms with van der Waals surface area (Å²) < 4.78 is 10.7. The zero-order valence-electron chi connectivity index (χ0n) is 17.1. The molecule has 0 aliphatic carbocycles. The molecule has 152 valence electrons. The Morgan fingerprint density at radius 3 is 2.80 bits per heavy atom. The molecule has 4 rings (SSSR count). The Morgan fingerprint density at radius 1 is 1.20 bits per heavy atom. The van der Waals surface area contributed by atoms with E-state index in [0.717, 1.165) is 16.6 Å². The predicted molar refractivity (Wildman–Crippen MR) is 122 cm³/mol. The molecule has 2 heterocycles. The lowest BCUT2D eigenvalue weighted by molar-refractivity contribution is 0.406. The van der Waals surface area contributed by atoms with E-state index in [0.29, 0.717) is 27.7 Å². The van der Waals surface area contributed by atoms with Crippen molar-refractivity contribution in [2.75, 3.05) is 12.5 Å². The summed E-state index contributed by atoms with van der Waals surface area (Å²) in [5, 5.41) is 7.75. The summed E-state index contributed by atoms with van der Waals surface area (Å²) in [6.07, 6.45) is 0. The third kappa shape index (κ3) is 3.84. The van der Waals surface area contributed by atoms with Crippen LogP contribution in [-0.2, 0) is 0 Å². The number of nitrogens with one attached hydrogen (secondary N) is 1. The fourth-order valence-corrected chi connectivity index (χ4v) is 3.92. The fourth-order valence-electron chi connectivity index (χ4n) is 3.27. The van der Waals surface area contributed by atoms with E-state index in [1.54, 1.807) is 26.2 Å². The molecule has 2 aromatic heterocycles. The molecule has 0 fully saturated rings. The number of hydrazone groups is 1. The summed E-state index contributed by atoms with van der Waals surface area (Å²) in [6.45, 7) is 5.90. The van der Waals surface area contributed by atoms with Crippen LogP contribution in [0.25, 0.3) is 22.2 Å². The van der Waals surface area contributed by atoms with Gasteiger partial charge in [0.2, 0.25) is 5.13 Å². The third-order valence-electron chi connectivity index (χ3n) is 4.81. The smallest absolute Gasteiger partial charge is 0.345 e. The fraction of sp³-hybridized carbons (Fsp3) is 0.174. The second kappa shape index (κ2) is 8.12. The first-order chi connectivity index (χ1) is 14.5. The minimum atomic E-state index is -0.467. The average molecular weight is 420 g/mol. The standard InChI is InChI=1S/C23H21N3O3S/c1-13-8-9-17(14(2)10-13)19-12-30-23(24-19)26-25-15(3)18-11-16-6-5-7-20(28-4)21(16)29-22(18)27/h5-12H,1-4H3,(H,24,26). The van der Waals surface area contributed by atoms with Gasteiger partial charge in [0.1, 0.15) is 0 Å². The largest absolute Gasteiger partial charge is 0.493 e. The first-order valence-electron chi connectivity index (χ1n) is 9.41. The van der Waals surface area contributed by atoms with Gasteiger partial charge in [0.25, 0.3) is 0 Å². The van der Waals surface area contributed by atoms with Gasteiger partial charge in [0.15, 0.2) is 11.3 Å². The lowest BCUT2D eigenvalue weighted by Crippen LogP contribution is -2.13. The molecule has 0 unspecified atom stereocenters.